The minimum atomic E-state index is -0.0673. The second-order valence-corrected chi connectivity index (χ2v) is 6.88. The van der Waals surface area contributed by atoms with Crippen LogP contribution < -0.4 is 11.1 Å². The lowest BCUT2D eigenvalue weighted by atomic mass is 9.90. The van der Waals surface area contributed by atoms with E-state index in [1.54, 1.807) is 24.3 Å². The number of nitrogens with zero attached hydrogens (tertiary/aromatic N) is 4. The van der Waals surface area contributed by atoms with Crippen molar-refractivity contribution in [3.8, 4) is 11.8 Å². The minimum Gasteiger partial charge on any atom is -0.382 e. The lowest BCUT2D eigenvalue weighted by Crippen LogP contribution is -2.52. The number of rotatable bonds is 3. The Balaban J connectivity index is 1.51. The highest BCUT2D eigenvalue weighted by Crippen LogP contribution is 2.31. The third kappa shape index (κ3) is 2.75. The van der Waals surface area contributed by atoms with Crippen molar-refractivity contribution < 1.29 is 4.79 Å². The van der Waals surface area contributed by atoms with E-state index in [0.29, 0.717) is 16.9 Å². The van der Waals surface area contributed by atoms with Gasteiger partial charge in [0, 0.05) is 18.7 Å². The van der Waals surface area contributed by atoms with Crippen LogP contribution in [-0.2, 0) is 0 Å². The summed E-state index contributed by atoms with van der Waals surface area (Å²) in [5.41, 5.74) is 7.51. The molecular formula is C18H20N6O. The lowest BCUT2D eigenvalue weighted by molar-refractivity contribution is 0.0877. The molecule has 2 atom stereocenters. The number of nitrogen functional groups attached to an aromatic ring is 1. The fraction of sp³-hybridized carbons (Fsp3) is 0.389. The maximum absolute atomic E-state index is 12.6. The molecule has 2 fully saturated rings. The van der Waals surface area contributed by atoms with Crippen LogP contribution in [0.5, 0.6) is 0 Å². The van der Waals surface area contributed by atoms with Gasteiger partial charge in [0.25, 0.3) is 5.91 Å². The Kier molecular flexibility index (Phi) is 3.70. The number of nitriles is 1. The molecule has 2 aliphatic rings. The van der Waals surface area contributed by atoms with Gasteiger partial charge in [0.1, 0.15) is 17.5 Å². The Morgan fingerprint density at radius 1 is 1.28 bits per heavy atom. The topological polar surface area (TPSA) is 100.0 Å². The second kappa shape index (κ2) is 5.90. The monoisotopic (exact) mass is 336 g/mol. The van der Waals surface area contributed by atoms with Crippen LogP contribution in [0.2, 0.25) is 0 Å². The first-order valence-corrected chi connectivity index (χ1v) is 8.49. The molecule has 3 heterocycles. The van der Waals surface area contributed by atoms with Crippen molar-refractivity contribution in [2.45, 2.75) is 24.8 Å². The predicted octanol–water partition coefficient (Wildman–Crippen LogP) is 1.29. The SMILES string of the molecule is N#Cc1cnn(-c2ccc(C(=O)NC34CCCN(CC3)C4)cc2)c1N. The van der Waals surface area contributed by atoms with Crippen molar-refractivity contribution in [1.82, 2.24) is 20.0 Å². The minimum absolute atomic E-state index is 0.0403. The lowest BCUT2D eigenvalue weighted by Gasteiger charge is -2.34. The van der Waals surface area contributed by atoms with Gasteiger partial charge < -0.3 is 16.0 Å². The van der Waals surface area contributed by atoms with Gasteiger partial charge in [-0.3, -0.25) is 4.79 Å². The Labute approximate surface area is 146 Å². The number of amides is 1. The Bertz CT molecular complexity index is 845. The first-order chi connectivity index (χ1) is 12.1. The number of hydrogen-bond acceptors (Lipinski definition) is 5. The molecule has 7 heteroatoms. The maximum Gasteiger partial charge on any atom is 0.251 e. The number of benzene rings is 1. The van der Waals surface area contributed by atoms with Crippen LogP contribution in [-0.4, -0.2) is 45.8 Å². The summed E-state index contributed by atoms with van der Waals surface area (Å²) in [4.78, 5) is 15.1. The standard InChI is InChI=1S/C18H20N6O/c19-10-14-11-21-24(16(14)20)15-4-2-13(3-5-15)17(25)22-18-6-1-8-23(12-18)9-7-18/h2-5,11H,1,6-9,12,20H2,(H,22,25). The number of anilines is 1. The number of nitrogens with two attached hydrogens (primary N) is 1. The summed E-state index contributed by atoms with van der Waals surface area (Å²) in [6.45, 7) is 3.17. The Morgan fingerprint density at radius 2 is 2.08 bits per heavy atom. The summed E-state index contributed by atoms with van der Waals surface area (Å²) >= 11 is 0. The largest absolute Gasteiger partial charge is 0.382 e. The van der Waals surface area contributed by atoms with E-state index in [1.165, 1.54) is 10.9 Å². The predicted molar refractivity (Wildman–Crippen MR) is 93.2 cm³/mol. The number of piperidine rings is 1. The molecule has 2 unspecified atom stereocenters. The number of fused-ring (bicyclic) bond motifs is 2. The van der Waals surface area contributed by atoms with Crippen molar-refractivity contribution in [3.05, 3.63) is 41.6 Å². The van der Waals surface area contributed by atoms with Crippen molar-refractivity contribution in [2.24, 2.45) is 0 Å². The number of carbonyl (C=O) groups is 1. The molecule has 2 aromatic rings. The molecule has 3 N–H and O–H groups in total. The van der Waals surface area contributed by atoms with Gasteiger partial charge in [-0.05, 0) is 50.1 Å². The van der Waals surface area contributed by atoms with Crippen LogP contribution in [0, 0.1) is 11.3 Å². The third-order valence-electron chi connectivity index (χ3n) is 5.24. The molecule has 4 rings (SSSR count). The first-order valence-electron chi connectivity index (χ1n) is 8.49. The molecule has 1 amide bonds. The van der Waals surface area contributed by atoms with E-state index in [9.17, 15) is 4.79 Å². The highest BCUT2D eigenvalue weighted by molar-refractivity contribution is 5.95. The number of nitrogens with one attached hydrogen (secondary N) is 1. The molecule has 0 radical (unpaired) electrons. The van der Waals surface area contributed by atoms with Gasteiger partial charge >= 0.3 is 0 Å². The maximum atomic E-state index is 12.6. The summed E-state index contributed by atoms with van der Waals surface area (Å²) in [5.74, 6) is 0.258. The van der Waals surface area contributed by atoms with Crippen LogP contribution in [0.3, 0.4) is 0 Å². The van der Waals surface area contributed by atoms with Gasteiger partial charge in [-0.1, -0.05) is 0 Å². The zero-order chi connectivity index (χ0) is 17.4. The number of aromatic nitrogens is 2. The van der Waals surface area contributed by atoms with Crippen molar-refractivity contribution in [3.63, 3.8) is 0 Å². The van der Waals surface area contributed by atoms with E-state index in [0.717, 1.165) is 44.6 Å². The molecule has 2 saturated heterocycles. The van der Waals surface area contributed by atoms with Crippen LogP contribution in [0.25, 0.3) is 5.69 Å². The summed E-state index contributed by atoms with van der Waals surface area (Å²) < 4.78 is 1.49. The van der Waals surface area contributed by atoms with E-state index >= 15 is 0 Å². The Hall–Kier alpha value is -2.85. The molecule has 0 spiro atoms. The first kappa shape index (κ1) is 15.7. The molecule has 0 aliphatic carbocycles. The zero-order valence-electron chi connectivity index (χ0n) is 13.9. The molecule has 25 heavy (non-hydrogen) atoms. The van der Waals surface area contributed by atoms with Gasteiger partial charge in [0.05, 0.1) is 17.4 Å². The molecule has 1 aromatic heterocycles. The fourth-order valence-corrected chi connectivity index (χ4v) is 3.88. The Morgan fingerprint density at radius 3 is 2.80 bits per heavy atom. The van der Waals surface area contributed by atoms with Gasteiger partial charge in [-0.2, -0.15) is 10.4 Å². The summed E-state index contributed by atoms with van der Waals surface area (Å²) in [5, 5.41) is 16.3. The third-order valence-corrected chi connectivity index (χ3v) is 5.24. The van der Waals surface area contributed by atoms with Crippen LogP contribution in [0.4, 0.5) is 5.82 Å². The molecule has 1 aromatic carbocycles. The average Bonchev–Trinajstić information content (AvgIpc) is 3.14. The molecular weight excluding hydrogens is 316 g/mol. The van der Waals surface area contributed by atoms with Gasteiger partial charge in [0.2, 0.25) is 0 Å². The van der Waals surface area contributed by atoms with Crippen LogP contribution >= 0.6 is 0 Å². The smallest absolute Gasteiger partial charge is 0.251 e. The normalized spacial score (nSPS) is 24.7. The van der Waals surface area contributed by atoms with Gasteiger partial charge in [0.15, 0.2) is 0 Å². The van der Waals surface area contributed by atoms with E-state index in [2.05, 4.69) is 15.3 Å². The van der Waals surface area contributed by atoms with E-state index < -0.39 is 0 Å². The van der Waals surface area contributed by atoms with E-state index in [4.69, 9.17) is 11.0 Å². The van der Waals surface area contributed by atoms with Crippen LogP contribution in [0.1, 0.15) is 35.2 Å². The summed E-state index contributed by atoms with van der Waals surface area (Å²) in [6.07, 6.45) is 4.65. The zero-order valence-corrected chi connectivity index (χ0v) is 13.9. The molecule has 128 valence electrons. The molecule has 2 aliphatic heterocycles. The number of hydrogen-bond donors (Lipinski definition) is 2. The fourth-order valence-electron chi connectivity index (χ4n) is 3.88. The van der Waals surface area contributed by atoms with Crippen molar-refractivity contribution >= 4 is 11.7 Å². The van der Waals surface area contributed by atoms with Gasteiger partial charge in [-0.15, -0.1) is 0 Å². The van der Waals surface area contributed by atoms with Crippen LogP contribution in [0.15, 0.2) is 30.5 Å². The molecule has 7 nitrogen and oxygen atoms in total. The van der Waals surface area contributed by atoms with Crippen molar-refractivity contribution in [2.75, 3.05) is 25.4 Å². The average molecular weight is 336 g/mol. The molecule has 0 saturated carbocycles. The quantitative estimate of drug-likeness (QED) is 0.880. The van der Waals surface area contributed by atoms with E-state index in [-0.39, 0.29) is 11.4 Å². The summed E-state index contributed by atoms with van der Waals surface area (Å²) in [7, 11) is 0. The van der Waals surface area contributed by atoms with Gasteiger partial charge in [-0.25, -0.2) is 4.68 Å². The highest BCUT2D eigenvalue weighted by atomic mass is 16.1. The highest BCUT2D eigenvalue weighted by Gasteiger charge is 2.41. The summed E-state index contributed by atoms with van der Waals surface area (Å²) in [6, 6.07) is 9.12. The second-order valence-electron chi connectivity index (χ2n) is 6.88. The molecule has 2 bridgehead atoms. The van der Waals surface area contributed by atoms with E-state index in [1.807, 2.05) is 6.07 Å². The van der Waals surface area contributed by atoms with Crippen molar-refractivity contribution in [1.29, 1.82) is 5.26 Å². The number of carbonyl (C=O) groups excluding carboxylic acids is 1.